The Morgan fingerprint density at radius 3 is 2.50 bits per heavy atom. The molecule has 2 aromatic carbocycles. The van der Waals surface area contributed by atoms with E-state index in [1.807, 2.05) is 6.07 Å². The molecule has 1 aliphatic heterocycles. The summed E-state index contributed by atoms with van der Waals surface area (Å²) >= 11 is 6.25. The van der Waals surface area contributed by atoms with Gasteiger partial charge in [0.05, 0.1) is 22.2 Å². The van der Waals surface area contributed by atoms with Gasteiger partial charge in [0.25, 0.3) is 0 Å². The van der Waals surface area contributed by atoms with E-state index in [0.717, 1.165) is 16.5 Å². The normalized spacial score (nSPS) is 28.1. The number of aromatic amines is 1. The Hall–Kier alpha value is -1.93. The Balaban J connectivity index is 1.42. The van der Waals surface area contributed by atoms with Gasteiger partial charge in [-0.15, -0.1) is 0 Å². The van der Waals surface area contributed by atoms with Crippen molar-refractivity contribution in [3.63, 3.8) is 0 Å². The number of benzene rings is 2. The molecule has 1 saturated carbocycles. The third kappa shape index (κ3) is 2.76. The predicted molar refractivity (Wildman–Crippen MR) is 106 cm³/mol. The summed E-state index contributed by atoms with van der Waals surface area (Å²) in [5.41, 5.74) is 0.508. The predicted octanol–water partition coefficient (Wildman–Crippen LogP) is 3.13. The first-order valence-electron chi connectivity index (χ1n) is 9.27. The summed E-state index contributed by atoms with van der Waals surface area (Å²) in [7, 11) is -3.50. The minimum Gasteiger partial charge on any atom is -0.385 e. The molecular weight excluding hydrogens is 398 g/mol. The first-order valence-corrected chi connectivity index (χ1v) is 11.1. The fraction of sp³-hybridized carbons (Fsp3) is 0.350. The quantitative estimate of drug-likeness (QED) is 0.685. The molecule has 1 saturated heterocycles. The van der Waals surface area contributed by atoms with Crippen molar-refractivity contribution < 1.29 is 13.5 Å². The monoisotopic (exact) mass is 417 g/mol. The zero-order valence-corrected chi connectivity index (χ0v) is 16.6. The first-order chi connectivity index (χ1) is 13.4. The summed E-state index contributed by atoms with van der Waals surface area (Å²) in [4.78, 5) is 0.319. The lowest BCUT2D eigenvalue weighted by atomic mass is 9.89. The number of fused-ring (bicyclic) bond motifs is 2. The Bertz CT molecular complexity index is 1130. The van der Waals surface area contributed by atoms with Gasteiger partial charge < -0.3 is 5.11 Å². The fourth-order valence-electron chi connectivity index (χ4n) is 4.85. The van der Waals surface area contributed by atoms with Crippen molar-refractivity contribution in [2.45, 2.75) is 23.3 Å². The van der Waals surface area contributed by atoms with Crippen molar-refractivity contribution in [2.75, 3.05) is 13.1 Å². The van der Waals surface area contributed by atoms with Crippen LogP contribution in [0.25, 0.3) is 10.9 Å². The molecule has 0 amide bonds. The first kappa shape index (κ1) is 18.1. The molecule has 146 valence electrons. The number of rotatable bonds is 3. The minimum atomic E-state index is -3.50. The molecule has 1 unspecified atom stereocenters. The van der Waals surface area contributed by atoms with Gasteiger partial charge in [-0.25, -0.2) is 8.42 Å². The lowest BCUT2D eigenvalue weighted by molar-refractivity contribution is 0.0352. The van der Waals surface area contributed by atoms with Gasteiger partial charge >= 0.3 is 0 Å². The molecule has 5 rings (SSSR count). The van der Waals surface area contributed by atoms with Gasteiger partial charge in [0.2, 0.25) is 10.0 Å². The van der Waals surface area contributed by atoms with Crippen LogP contribution in [0.4, 0.5) is 0 Å². The van der Waals surface area contributed by atoms with E-state index in [4.69, 9.17) is 11.6 Å². The number of H-pyrrole nitrogens is 1. The summed E-state index contributed by atoms with van der Waals surface area (Å²) in [5.74, 6) is 0.223. The molecule has 1 aliphatic carbocycles. The molecule has 2 heterocycles. The largest absolute Gasteiger partial charge is 0.385 e. The number of hydrogen-bond donors (Lipinski definition) is 2. The van der Waals surface area contributed by atoms with Crippen molar-refractivity contribution in [3.8, 4) is 0 Å². The molecule has 2 N–H and O–H groups in total. The molecule has 8 heteroatoms. The highest BCUT2D eigenvalue weighted by molar-refractivity contribution is 7.89. The zero-order chi connectivity index (χ0) is 19.5. The molecule has 0 radical (unpaired) electrons. The van der Waals surface area contributed by atoms with Crippen LogP contribution in [-0.2, 0) is 15.6 Å². The van der Waals surface area contributed by atoms with Gasteiger partial charge in [-0.2, -0.15) is 9.40 Å². The Labute approximate surface area is 168 Å². The van der Waals surface area contributed by atoms with Gasteiger partial charge in [0, 0.05) is 29.1 Å². The number of nitrogens with zero attached hydrogens (tertiary/aromatic N) is 2. The van der Waals surface area contributed by atoms with E-state index in [1.54, 1.807) is 46.9 Å². The average Bonchev–Trinajstić information content (AvgIpc) is 3.35. The van der Waals surface area contributed by atoms with Crippen LogP contribution in [0.1, 0.15) is 18.4 Å². The molecule has 28 heavy (non-hydrogen) atoms. The zero-order valence-electron chi connectivity index (χ0n) is 15.0. The van der Waals surface area contributed by atoms with Crippen LogP contribution in [0.5, 0.6) is 0 Å². The fourth-order valence-corrected chi connectivity index (χ4v) is 6.66. The van der Waals surface area contributed by atoms with Crippen LogP contribution >= 0.6 is 11.6 Å². The van der Waals surface area contributed by atoms with Gasteiger partial charge in [0.1, 0.15) is 0 Å². The number of hydrogen-bond acceptors (Lipinski definition) is 4. The smallest absolute Gasteiger partial charge is 0.243 e. The number of halogens is 1. The van der Waals surface area contributed by atoms with E-state index in [-0.39, 0.29) is 11.8 Å². The van der Waals surface area contributed by atoms with Crippen LogP contribution in [0.3, 0.4) is 0 Å². The minimum absolute atomic E-state index is 0.112. The maximum Gasteiger partial charge on any atom is 0.243 e. The van der Waals surface area contributed by atoms with Crippen molar-refractivity contribution in [3.05, 3.63) is 59.2 Å². The molecular formula is C20H20ClN3O3S. The molecule has 0 bridgehead atoms. The standard InChI is InChI=1S/C20H20ClN3O3S/c21-16-6-13-10-22-23-19(13)18(7-16)20(25)8-14-11-24(12-15(14)9-20)28(26,27)17-4-2-1-3-5-17/h1-7,10,14-15,25H,8-9,11-12H2,(H,22,23)/t14-,15+,20?. The molecule has 0 spiro atoms. The van der Waals surface area contributed by atoms with Gasteiger partial charge in [-0.1, -0.05) is 29.8 Å². The maximum absolute atomic E-state index is 12.9. The molecule has 6 nitrogen and oxygen atoms in total. The average molecular weight is 418 g/mol. The van der Waals surface area contributed by atoms with Crippen LogP contribution in [0.2, 0.25) is 5.02 Å². The second-order valence-corrected chi connectivity index (χ2v) is 10.3. The summed E-state index contributed by atoms with van der Waals surface area (Å²) in [6.07, 6.45) is 2.71. The second-order valence-electron chi connectivity index (χ2n) is 7.88. The van der Waals surface area contributed by atoms with E-state index < -0.39 is 15.6 Å². The topological polar surface area (TPSA) is 86.3 Å². The third-order valence-electron chi connectivity index (χ3n) is 6.14. The van der Waals surface area contributed by atoms with E-state index in [0.29, 0.717) is 35.8 Å². The summed E-state index contributed by atoms with van der Waals surface area (Å²) in [5, 5.41) is 19.9. The number of aromatic nitrogens is 2. The van der Waals surface area contributed by atoms with Crippen LogP contribution in [0, 0.1) is 11.8 Å². The molecule has 2 fully saturated rings. The van der Waals surface area contributed by atoms with Gasteiger partial charge in [0.15, 0.2) is 0 Å². The summed E-state index contributed by atoms with van der Waals surface area (Å²) in [6.45, 7) is 0.855. The molecule has 3 aromatic rings. The Morgan fingerprint density at radius 2 is 1.82 bits per heavy atom. The highest BCUT2D eigenvalue weighted by Gasteiger charge is 2.51. The Kier molecular flexibility index (Phi) is 4.07. The molecule has 3 atom stereocenters. The highest BCUT2D eigenvalue weighted by Crippen LogP contribution is 2.51. The molecule has 2 aliphatic rings. The lowest BCUT2D eigenvalue weighted by Crippen LogP contribution is -2.32. The summed E-state index contributed by atoms with van der Waals surface area (Å²) in [6, 6.07) is 12.1. The SMILES string of the molecule is O=S(=O)(c1ccccc1)N1C[C@@H]2CC(O)(c3cc(Cl)cc4cn[nH]c34)C[C@@H]2C1. The van der Waals surface area contributed by atoms with Gasteiger partial charge in [-0.05, 0) is 48.9 Å². The lowest BCUT2D eigenvalue weighted by Gasteiger charge is -2.27. The number of nitrogens with one attached hydrogen (secondary N) is 1. The third-order valence-corrected chi connectivity index (χ3v) is 8.20. The van der Waals surface area contributed by atoms with Crippen molar-refractivity contribution in [1.29, 1.82) is 0 Å². The Morgan fingerprint density at radius 1 is 1.14 bits per heavy atom. The maximum atomic E-state index is 12.9. The van der Waals surface area contributed by atoms with E-state index >= 15 is 0 Å². The van der Waals surface area contributed by atoms with Crippen LogP contribution in [-0.4, -0.2) is 41.1 Å². The van der Waals surface area contributed by atoms with E-state index in [1.165, 1.54) is 0 Å². The van der Waals surface area contributed by atoms with Crippen LogP contribution in [0.15, 0.2) is 53.6 Å². The number of aliphatic hydroxyl groups is 1. The van der Waals surface area contributed by atoms with Crippen LogP contribution < -0.4 is 0 Å². The second kappa shape index (κ2) is 6.29. The van der Waals surface area contributed by atoms with E-state index in [2.05, 4.69) is 10.2 Å². The highest BCUT2D eigenvalue weighted by atomic mass is 35.5. The van der Waals surface area contributed by atoms with E-state index in [9.17, 15) is 13.5 Å². The number of sulfonamides is 1. The van der Waals surface area contributed by atoms with Crippen molar-refractivity contribution in [2.24, 2.45) is 11.8 Å². The van der Waals surface area contributed by atoms with Crippen molar-refractivity contribution in [1.82, 2.24) is 14.5 Å². The van der Waals surface area contributed by atoms with Gasteiger partial charge in [-0.3, -0.25) is 5.10 Å². The molecule has 1 aromatic heterocycles. The van der Waals surface area contributed by atoms with Crippen molar-refractivity contribution >= 4 is 32.5 Å². The summed E-state index contributed by atoms with van der Waals surface area (Å²) < 4.78 is 27.4.